The molecule has 0 bridgehead atoms. The molecular weight excluding hydrogens is 228 g/mol. The van der Waals surface area contributed by atoms with Gasteiger partial charge in [-0.3, -0.25) is 4.90 Å². The number of hydrogen-bond acceptors (Lipinski definition) is 3. The summed E-state index contributed by atoms with van der Waals surface area (Å²) >= 11 is 7.79. The third-order valence-electron chi connectivity index (χ3n) is 2.75. The lowest BCUT2D eigenvalue weighted by molar-refractivity contribution is 0.254. The zero-order valence-electron chi connectivity index (χ0n) is 8.82. The van der Waals surface area contributed by atoms with E-state index >= 15 is 0 Å². The topological polar surface area (TPSA) is 16.1 Å². The molecule has 15 heavy (non-hydrogen) atoms. The monoisotopic (exact) mass is 242 g/mol. The highest BCUT2D eigenvalue weighted by Crippen LogP contribution is 2.22. The van der Waals surface area contributed by atoms with Gasteiger partial charge < -0.3 is 0 Å². The first kappa shape index (κ1) is 11.2. The molecule has 2 heterocycles. The molecule has 2 rings (SSSR count). The maximum absolute atomic E-state index is 5.75. The van der Waals surface area contributed by atoms with Gasteiger partial charge in [-0.1, -0.05) is 17.7 Å². The Morgan fingerprint density at radius 2 is 2.47 bits per heavy atom. The molecule has 1 saturated heterocycles. The van der Waals surface area contributed by atoms with Gasteiger partial charge in [0.15, 0.2) is 0 Å². The summed E-state index contributed by atoms with van der Waals surface area (Å²) in [4.78, 5) is 6.50. The molecule has 1 aromatic heterocycles. The van der Waals surface area contributed by atoms with E-state index in [0.29, 0.717) is 5.15 Å². The second-order valence-corrected chi connectivity index (χ2v) is 5.46. The van der Waals surface area contributed by atoms with E-state index in [-0.39, 0.29) is 0 Å². The molecule has 1 aliphatic rings. The lowest BCUT2D eigenvalue weighted by atomic mass is 10.2. The van der Waals surface area contributed by atoms with Crippen molar-refractivity contribution in [3.05, 3.63) is 29.0 Å². The highest BCUT2D eigenvalue weighted by molar-refractivity contribution is 7.99. The van der Waals surface area contributed by atoms with Gasteiger partial charge in [0.05, 0.1) is 0 Å². The fourth-order valence-electron chi connectivity index (χ4n) is 1.79. The van der Waals surface area contributed by atoms with Gasteiger partial charge in [-0.15, -0.1) is 0 Å². The van der Waals surface area contributed by atoms with Crippen molar-refractivity contribution in [1.82, 2.24) is 9.88 Å². The largest absolute Gasteiger partial charge is 0.298 e. The Morgan fingerprint density at radius 1 is 1.60 bits per heavy atom. The minimum Gasteiger partial charge on any atom is -0.298 e. The molecular formula is C11H15ClN2S. The number of thioether (sulfide) groups is 1. The van der Waals surface area contributed by atoms with E-state index in [1.54, 1.807) is 0 Å². The smallest absolute Gasteiger partial charge is 0.129 e. The van der Waals surface area contributed by atoms with Gasteiger partial charge in [0, 0.05) is 24.5 Å². The first-order chi connectivity index (χ1) is 7.25. The first-order valence-corrected chi connectivity index (χ1v) is 6.67. The molecule has 0 saturated carbocycles. The van der Waals surface area contributed by atoms with Crippen LogP contribution in [-0.2, 0) is 6.54 Å². The van der Waals surface area contributed by atoms with Crippen molar-refractivity contribution in [2.24, 2.45) is 0 Å². The molecule has 1 aromatic rings. The SMILES string of the molecule is CN(Cc1ccc(Cl)nc1)C1CCSC1. The number of halogens is 1. The highest BCUT2D eigenvalue weighted by atomic mass is 35.5. The van der Waals surface area contributed by atoms with Gasteiger partial charge in [-0.05, 0) is 30.9 Å². The van der Waals surface area contributed by atoms with E-state index in [4.69, 9.17) is 11.6 Å². The molecule has 0 aliphatic carbocycles. The van der Waals surface area contributed by atoms with Crippen molar-refractivity contribution in [3.63, 3.8) is 0 Å². The second-order valence-electron chi connectivity index (χ2n) is 3.92. The molecule has 1 fully saturated rings. The van der Waals surface area contributed by atoms with Crippen LogP contribution in [0.2, 0.25) is 5.15 Å². The molecule has 0 N–H and O–H groups in total. The normalized spacial score (nSPS) is 21.1. The summed E-state index contributed by atoms with van der Waals surface area (Å²) in [6.07, 6.45) is 3.17. The Labute approximate surface area is 100 Å². The van der Waals surface area contributed by atoms with Gasteiger partial charge in [-0.25, -0.2) is 4.98 Å². The van der Waals surface area contributed by atoms with E-state index in [1.165, 1.54) is 23.5 Å². The predicted molar refractivity (Wildman–Crippen MR) is 66.4 cm³/mol. The summed E-state index contributed by atoms with van der Waals surface area (Å²) in [5.74, 6) is 2.56. The Bertz CT molecular complexity index is 309. The molecule has 0 aromatic carbocycles. The average Bonchev–Trinajstić information content (AvgIpc) is 2.74. The second kappa shape index (κ2) is 5.19. The minimum atomic E-state index is 0.567. The van der Waals surface area contributed by atoms with Crippen molar-refractivity contribution in [2.75, 3.05) is 18.6 Å². The minimum absolute atomic E-state index is 0.567. The van der Waals surface area contributed by atoms with Crippen molar-refractivity contribution in [3.8, 4) is 0 Å². The maximum Gasteiger partial charge on any atom is 0.129 e. The molecule has 2 nitrogen and oxygen atoms in total. The first-order valence-electron chi connectivity index (χ1n) is 5.14. The summed E-state index contributed by atoms with van der Waals surface area (Å²) in [5, 5.41) is 0.567. The van der Waals surface area contributed by atoms with Crippen molar-refractivity contribution < 1.29 is 0 Å². The van der Waals surface area contributed by atoms with Gasteiger partial charge in [0.25, 0.3) is 0 Å². The van der Waals surface area contributed by atoms with Crippen LogP contribution in [0.1, 0.15) is 12.0 Å². The molecule has 82 valence electrons. The fourth-order valence-corrected chi connectivity index (χ4v) is 3.20. The number of nitrogens with zero attached hydrogens (tertiary/aromatic N) is 2. The van der Waals surface area contributed by atoms with Gasteiger partial charge >= 0.3 is 0 Å². The lowest BCUT2D eigenvalue weighted by Crippen LogP contribution is -2.30. The lowest BCUT2D eigenvalue weighted by Gasteiger charge is -2.23. The van der Waals surface area contributed by atoms with E-state index in [1.807, 2.05) is 30.1 Å². The van der Waals surface area contributed by atoms with Gasteiger partial charge in [-0.2, -0.15) is 11.8 Å². The maximum atomic E-state index is 5.75. The summed E-state index contributed by atoms with van der Waals surface area (Å²) < 4.78 is 0. The van der Waals surface area contributed by atoms with Crippen LogP contribution in [0.25, 0.3) is 0 Å². The number of hydrogen-bond donors (Lipinski definition) is 0. The quantitative estimate of drug-likeness (QED) is 0.759. The Morgan fingerprint density at radius 3 is 3.07 bits per heavy atom. The van der Waals surface area contributed by atoms with E-state index < -0.39 is 0 Å². The third kappa shape index (κ3) is 3.10. The fraction of sp³-hybridized carbons (Fsp3) is 0.545. The molecule has 1 atom stereocenters. The predicted octanol–water partition coefficient (Wildman–Crippen LogP) is 2.67. The summed E-state index contributed by atoms with van der Waals surface area (Å²) in [5.41, 5.74) is 1.24. The van der Waals surface area contributed by atoms with Crippen molar-refractivity contribution >= 4 is 23.4 Å². The van der Waals surface area contributed by atoms with E-state index in [0.717, 1.165) is 12.6 Å². The molecule has 1 aliphatic heterocycles. The Balaban J connectivity index is 1.92. The van der Waals surface area contributed by atoms with Crippen LogP contribution in [0.3, 0.4) is 0 Å². The van der Waals surface area contributed by atoms with Crippen LogP contribution in [0.5, 0.6) is 0 Å². The Hall–Kier alpha value is -0.250. The molecule has 0 amide bonds. The Kier molecular flexibility index (Phi) is 3.89. The van der Waals surface area contributed by atoms with E-state index in [2.05, 4.69) is 16.9 Å². The summed E-state index contributed by atoms with van der Waals surface area (Å²) in [6, 6.07) is 4.63. The highest BCUT2D eigenvalue weighted by Gasteiger charge is 2.19. The van der Waals surface area contributed by atoms with Crippen molar-refractivity contribution in [1.29, 1.82) is 0 Å². The molecule has 0 radical (unpaired) electrons. The van der Waals surface area contributed by atoms with Crippen LogP contribution in [0.4, 0.5) is 0 Å². The van der Waals surface area contributed by atoms with Crippen LogP contribution in [-0.4, -0.2) is 34.5 Å². The molecule has 1 unspecified atom stereocenters. The third-order valence-corrected chi connectivity index (χ3v) is 4.12. The van der Waals surface area contributed by atoms with Crippen LogP contribution in [0.15, 0.2) is 18.3 Å². The van der Waals surface area contributed by atoms with Crippen LogP contribution in [0, 0.1) is 0 Å². The number of rotatable bonds is 3. The van der Waals surface area contributed by atoms with E-state index in [9.17, 15) is 0 Å². The molecule has 0 spiro atoms. The molecule has 4 heteroatoms. The number of aromatic nitrogens is 1. The summed E-state index contributed by atoms with van der Waals surface area (Å²) in [6.45, 7) is 0.968. The standard InChI is InChI=1S/C11H15ClN2S/c1-14(10-4-5-15-8-10)7-9-2-3-11(12)13-6-9/h2-3,6,10H,4-5,7-8H2,1H3. The number of pyridine rings is 1. The van der Waals surface area contributed by atoms with Gasteiger partial charge in [0.2, 0.25) is 0 Å². The summed E-state index contributed by atoms with van der Waals surface area (Å²) in [7, 11) is 2.19. The van der Waals surface area contributed by atoms with Crippen LogP contribution >= 0.6 is 23.4 Å². The van der Waals surface area contributed by atoms with Crippen molar-refractivity contribution in [2.45, 2.75) is 19.0 Å². The zero-order valence-corrected chi connectivity index (χ0v) is 10.4. The van der Waals surface area contributed by atoms with Crippen LogP contribution < -0.4 is 0 Å². The average molecular weight is 243 g/mol. The zero-order chi connectivity index (χ0) is 10.7. The van der Waals surface area contributed by atoms with Gasteiger partial charge in [0.1, 0.15) is 5.15 Å².